The molecule has 0 radical (unpaired) electrons. The maximum Gasteiger partial charge on any atom is 0.573 e. The van der Waals surface area contributed by atoms with Crippen molar-refractivity contribution >= 4 is 46.1 Å². The molecule has 0 aliphatic carbocycles. The zero-order valence-corrected chi connectivity index (χ0v) is 17.6. The monoisotopic (exact) mass is 470 g/mol. The molecule has 0 aliphatic rings. The van der Waals surface area contributed by atoms with Gasteiger partial charge in [-0.05, 0) is 18.2 Å². The van der Waals surface area contributed by atoms with E-state index in [2.05, 4.69) is 25.3 Å². The summed E-state index contributed by atoms with van der Waals surface area (Å²) in [6, 6.07) is 2.34. The molecular formula is C20H18ClF3N4O4. The molecule has 0 spiro atoms. The lowest BCUT2D eigenvalue weighted by Crippen LogP contribution is -2.27. The van der Waals surface area contributed by atoms with Gasteiger partial charge in [-0.2, -0.15) is 0 Å². The smallest absolute Gasteiger partial charge is 0.406 e. The van der Waals surface area contributed by atoms with Crippen LogP contribution in [0.1, 0.15) is 15.9 Å². The average molecular weight is 471 g/mol. The van der Waals surface area contributed by atoms with E-state index < -0.39 is 23.9 Å². The third kappa shape index (κ3) is 4.94. The third-order valence-electron chi connectivity index (χ3n) is 4.47. The van der Waals surface area contributed by atoms with Crippen LogP contribution in [-0.4, -0.2) is 55.2 Å². The lowest BCUT2D eigenvalue weighted by Gasteiger charge is -2.18. The Hall–Kier alpha value is -3.31. The number of nitrogens with one attached hydrogen (secondary N) is 3. The highest BCUT2D eigenvalue weighted by molar-refractivity contribution is 6.36. The number of rotatable bonds is 9. The molecule has 0 saturated carbocycles. The molecule has 0 aliphatic heterocycles. The van der Waals surface area contributed by atoms with E-state index in [4.69, 9.17) is 16.3 Å². The largest absolute Gasteiger partial charge is 0.573 e. The molecule has 3 rings (SSSR count). The predicted molar refractivity (Wildman–Crippen MR) is 113 cm³/mol. The number of alkyl halides is 3. The molecule has 170 valence electrons. The minimum Gasteiger partial charge on any atom is -0.406 e. The van der Waals surface area contributed by atoms with Crippen LogP contribution in [0.3, 0.4) is 0 Å². The van der Waals surface area contributed by atoms with Crippen LogP contribution in [0.2, 0.25) is 5.02 Å². The van der Waals surface area contributed by atoms with Crippen molar-refractivity contribution in [1.29, 1.82) is 0 Å². The number of halogens is 4. The molecule has 8 nitrogen and oxygen atoms in total. The number of fused-ring (bicyclic) bond motifs is 1. The van der Waals surface area contributed by atoms with Crippen molar-refractivity contribution in [2.24, 2.45) is 0 Å². The van der Waals surface area contributed by atoms with E-state index in [-0.39, 0.29) is 22.8 Å². The lowest BCUT2D eigenvalue weighted by atomic mass is 10.0. The summed E-state index contributed by atoms with van der Waals surface area (Å²) >= 11 is 6.08. The van der Waals surface area contributed by atoms with E-state index in [9.17, 15) is 22.8 Å². The lowest BCUT2D eigenvalue weighted by molar-refractivity contribution is -0.274. The zero-order valence-electron chi connectivity index (χ0n) is 16.8. The minimum absolute atomic E-state index is 0.0354. The van der Waals surface area contributed by atoms with Gasteiger partial charge in [0.25, 0.3) is 0 Å². The number of aldehydes is 1. The second kappa shape index (κ2) is 9.45. The Morgan fingerprint density at radius 1 is 1.34 bits per heavy atom. The number of nitrogens with zero attached hydrogens (tertiary/aromatic N) is 1. The summed E-state index contributed by atoms with van der Waals surface area (Å²) in [4.78, 5) is 31.8. The highest BCUT2D eigenvalue weighted by Crippen LogP contribution is 2.35. The van der Waals surface area contributed by atoms with Crippen molar-refractivity contribution < 1.29 is 32.2 Å². The van der Waals surface area contributed by atoms with Crippen LogP contribution in [0.15, 0.2) is 30.6 Å². The van der Waals surface area contributed by atoms with Crippen LogP contribution < -0.4 is 15.4 Å². The SMILES string of the molecule is CNc1cnc2[nH]cc(C(=O)c3ccc(OC(F)(F)F)cc3Cl)c2c1NC(C=O)COC. The molecule has 32 heavy (non-hydrogen) atoms. The van der Waals surface area contributed by atoms with E-state index in [1.165, 1.54) is 19.5 Å². The van der Waals surface area contributed by atoms with Gasteiger partial charge < -0.3 is 29.9 Å². The Labute approximate surface area is 185 Å². The first-order valence-corrected chi connectivity index (χ1v) is 9.55. The van der Waals surface area contributed by atoms with E-state index in [1.807, 2.05) is 0 Å². The predicted octanol–water partition coefficient (Wildman–Crippen LogP) is 4.01. The summed E-state index contributed by atoms with van der Waals surface area (Å²) in [6.07, 6.45) is -1.30. The average Bonchev–Trinajstić information content (AvgIpc) is 3.16. The molecule has 2 aromatic heterocycles. The Balaban J connectivity index is 2.07. The maximum atomic E-state index is 13.2. The molecule has 0 fully saturated rings. The normalized spacial score (nSPS) is 12.4. The number of aromatic nitrogens is 2. The first kappa shape index (κ1) is 23.4. The van der Waals surface area contributed by atoms with Crippen molar-refractivity contribution in [1.82, 2.24) is 9.97 Å². The number of anilines is 2. The van der Waals surface area contributed by atoms with E-state index in [0.717, 1.165) is 18.2 Å². The van der Waals surface area contributed by atoms with Crippen LogP contribution in [0.4, 0.5) is 24.5 Å². The number of methoxy groups -OCH3 is 1. The zero-order chi connectivity index (χ0) is 23.5. The Morgan fingerprint density at radius 3 is 2.69 bits per heavy atom. The first-order valence-electron chi connectivity index (χ1n) is 9.17. The van der Waals surface area contributed by atoms with Crippen molar-refractivity contribution in [3.8, 4) is 5.75 Å². The van der Waals surface area contributed by atoms with Gasteiger partial charge in [0.15, 0.2) is 5.78 Å². The van der Waals surface area contributed by atoms with Crippen molar-refractivity contribution in [3.63, 3.8) is 0 Å². The molecule has 2 heterocycles. The molecule has 12 heteroatoms. The van der Waals surface area contributed by atoms with E-state index >= 15 is 0 Å². The third-order valence-corrected chi connectivity index (χ3v) is 4.79. The molecule has 1 aromatic carbocycles. The number of hydrogen-bond donors (Lipinski definition) is 3. The summed E-state index contributed by atoms with van der Waals surface area (Å²) in [7, 11) is 3.09. The van der Waals surface area contributed by atoms with Crippen LogP contribution >= 0.6 is 11.6 Å². The quantitative estimate of drug-likeness (QED) is 0.320. The summed E-state index contributed by atoms with van der Waals surface area (Å²) in [5, 5.41) is 6.12. The molecular weight excluding hydrogens is 453 g/mol. The molecule has 1 unspecified atom stereocenters. The summed E-state index contributed by atoms with van der Waals surface area (Å²) < 4.78 is 46.2. The number of hydrogen-bond acceptors (Lipinski definition) is 7. The van der Waals surface area contributed by atoms with Gasteiger partial charge in [-0.3, -0.25) is 4.79 Å². The fourth-order valence-electron chi connectivity index (χ4n) is 3.12. The number of benzene rings is 1. The van der Waals surface area contributed by atoms with Gasteiger partial charge in [0.1, 0.15) is 23.7 Å². The summed E-state index contributed by atoms with van der Waals surface area (Å²) in [5.74, 6) is -1.11. The Morgan fingerprint density at radius 2 is 2.09 bits per heavy atom. The molecule has 3 N–H and O–H groups in total. The number of carbonyl (C=O) groups excluding carboxylic acids is 2. The van der Waals surface area contributed by atoms with Crippen LogP contribution in [0.5, 0.6) is 5.75 Å². The Kier molecular flexibility index (Phi) is 6.90. The standard InChI is InChI=1S/C20H18ClF3N4O4/c1-25-15-7-27-19-16(17(15)28-10(8-29)9-31-2)13(6-26-19)18(30)12-4-3-11(5-14(12)21)32-20(22,23)24/h3-8,10,25H,9H2,1-2H3,(H2,26,27,28). The molecule has 3 aromatic rings. The van der Waals surface area contributed by atoms with E-state index in [1.54, 1.807) is 7.05 Å². The van der Waals surface area contributed by atoms with Gasteiger partial charge in [-0.15, -0.1) is 13.2 Å². The topological polar surface area (TPSA) is 105 Å². The number of ketones is 1. The molecule has 0 bridgehead atoms. The van der Waals surface area contributed by atoms with Gasteiger partial charge in [-0.1, -0.05) is 11.6 Å². The summed E-state index contributed by atoms with van der Waals surface area (Å²) in [5.41, 5.74) is 1.40. The minimum atomic E-state index is -4.89. The van der Waals surface area contributed by atoms with Crippen LogP contribution in [0, 0.1) is 0 Å². The Bertz CT molecular complexity index is 1150. The van der Waals surface area contributed by atoms with E-state index in [0.29, 0.717) is 28.7 Å². The second-order valence-corrected chi connectivity index (χ2v) is 6.99. The van der Waals surface area contributed by atoms with Crippen LogP contribution in [-0.2, 0) is 9.53 Å². The number of aromatic amines is 1. The fourth-order valence-corrected chi connectivity index (χ4v) is 3.37. The van der Waals surface area contributed by atoms with Gasteiger partial charge in [0, 0.05) is 25.9 Å². The molecule has 1 atom stereocenters. The van der Waals surface area contributed by atoms with Crippen molar-refractivity contribution in [2.75, 3.05) is 31.4 Å². The molecule has 0 saturated heterocycles. The van der Waals surface area contributed by atoms with Gasteiger partial charge in [0.05, 0.1) is 40.2 Å². The van der Waals surface area contributed by atoms with Crippen LogP contribution in [0.25, 0.3) is 11.0 Å². The maximum absolute atomic E-state index is 13.2. The van der Waals surface area contributed by atoms with Crippen molar-refractivity contribution in [2.45, 2.75) is 12.4 Å². The molecule has 0 amide bonds. The highest BCUT2D eigenvalue weighted by Gasteiger charge is 2.31. The van der Waals surface area contributed by atoms with Gasteiger partial charge in [0.2, 0.25) is 0 Å². The number of pyridine rings is 1. The fraction of sp³-hybridized carbons (Fsp3) is 0.250. The number of ether oxygens (including phenoxy) is 2. The van der Waals surface area contributed by atoms with Gasteiger partial charge in [-0.25, -0.2) is 4.98 Å². The first-order chi connectivity index (χ1) is 15.2. The van der Waals surface area contributed by atoms with Crippen molar-refractivity contribution in [3.05, 3.63) is 46.7 Å². The number of carbonyl (C=O) groups is 2. The number of H-pyrrole nitrogens is 1. The van der Waals surface area contributed by atoms with Gasteiger partial charge >= 0.3 is 6.36 Å². The second-order valence-electron chi connectivity index (χ2n) is 6.58. The highest BCUT2D eigenvalue weighted by atomic mass is 35.5. The summed E-state index contributed by atoms with van der Waals surface area (Å²) in [6.45, 7) is 0.0800.